The zero-order chi connectivity index (χ0) is 28.9. The molecule has 9 heteroatoms. The van der Waals surface area contributed by atoms with Crippen molar-refractivity contribution < 1.29 is 0 Å². The van der Waals surface area contributed by atoms with Gasteiger partial charge in [0.1, 0.15) is 11.6 Å². The van der Waals surface area contributed by atoms with Gasteiger partial charge in [0.05, 0.1) is 0 Å². The second-order valence-electron chi connectivity index (χ2n) is 12.1. The number of piperazine rings is 1. The maximum atomic E-state index is 6.38. The highest BCUT2D eigenvalue weighted by atomic mass is 35.5. The molecule has 0 amide bonds. The van der Waals surface area contributed by atoms with E-state index >= 15 is 0 Å². The molecule has 3 aliphatic rings. The number of halogens is 1. The highest BCUT2D eigenvalue weighted by Gasteiger charge is 2.36. The van der Waals surface area contributed by atoms with Gasteiger partial charge < -0.3 is 25.3 Å². The number of hydrogen-bond donors (Lipinski definition) is 2. The second-order valence-corrected chi connectivity index (χ2v) is 12.9. The zero-order valence-corrected chi connectivity index (χ0v) is 26.1. The predicted molar refractivity (Wildman–Crippen MR) is 179 cm³/mol. The van der Waals surface area contributed by atoms with Crippen LogP contribution < -0.4 is 25.3 Å². The number of piperidine rings is 1. The van der Waals surface area contributed by atoms with Crippen molar-refractivity contribution in [3.63, 3.8) is 0 Å². The average Bonchev–Trinajstić information content (AvgIpc) is 3.51. The number of aromatic nitrogens is 2. The van der Waals surface area contributed by atoms with E-state index in [2.05, 4.69) is 86.9 Å². The fourth-order valence-corrected chi connectivity index (χ4v) is 7.24. The highest BCUT2D eigenvalue weighted by molar-refractivity contribution is 7.80. The molecule has 42 heavy (non-hydrogen) atoms. The summed E-state index contributed by atoms with van der Waals surface area (Å²) in [4.78, 5) is 17.3. The van der Waals surface area contributed by atoms with Crippen molar-refractivity contribution in [3.05, 3.63) is 71.2 Å². The van der Waals surface area contributed by atoms with Gasteiger partial charge in [0.25, 0.3) is 0 Å². The van der Waals surface area contributed by atoms with Crippen molar-refractivity contribution >= 4 is 52.2 Å². The van der Waals surface area contributed by atoms with Crippen LogP contribution in [-0.4, -0.2) is 60.4 Å². The van der Waals surface area contributed by atoms with Gasteiger partial charge in [0.2, 0.25) is 5.95 Å². The molecule has 3 fully saturated rings. The number of benzene rings is 2. The number of rotatable bonds is 7. The lowest BCUT2D eigenvalue weighted by atomic mass is 9.79. The lowest BCUT2D eigenvalue weighted by Crippen LogP contribution is -2.47. The van der Waals surface area contributed by atoms with Crippen LogP contribution in [0.25, 0.3) is 0 Å². The summed E-state index contributed by atoms with van der Waals surface area (Å²) in [6.07, 6.45) is 8.33. The number of nitrogens with one attached hydrogen (secondary N) is 2. The summed E-state index contributed by atoms with van der Waals surface area (Å²) in [6, 6.07) is 21.6. The Morgan fingerprint density at radius 2 is 1.62 bits per heavy atom. The van der Waals surface area contributed by atoms with Crippen LogP contribution in [0.3, 0.4) is 0 Å². The molecular formula is C33H42ClN7S. The molecule has 222 valence electrons. The molecule has 1 saturated carbocycles. The van der Waals surface area contributed by atoms with Crippen molar-refractivity contribution in [1.82, 2.24) is 15.3 Å². The fourth-order valence-electron chi connectivity index (χ4n) is 6.89. The van der Waals surface area contributed by atoms with E-state index in [0.29, 0.717) is 17.1 Å². The Morgan fingerprint density at radius 3 is 2.36 bits per heavy atom. The molecule has 0 bridgehead atoms. The minimum Gasteiger partial charge on any atom is -0.368 e. The van der Waals surface area contributed by atoms with E-state index in [0.717, 1.165) is 68.8 Å². The molecule has 1 atom stereocenters. The number of thiocarbonyl (C=S) groups is 1. The molecule has 2 saturated heterocycles. The summed E-state index contributed by atoms with van der Waals surface area (Å²) in [5, 5.41) is 8.24. The minimum absolute atomic E-state index is 0.0339. The van der Waals surface area contributed by atoms with Crippen LogP contribution in [-0.2, 0) is 5.41 Å². The third kappa shape index (κ3) is 6.60. The number of anilines is 4. The first kappa shape index (κ1) is 29.0. The lowest BCUT2D eigenvalue weighted by Gasteiger charge is -2.38. The standard InChI is InChI=1S/C33H42ClN7S/c1-25-10-5-8-17-41(25)30-23-29(40-20-18-39(19-21-40)28-13-3-2-4-14-28)36-31(37-30)38-32(42)35-24-33(15-6-7-16-33)26-11-9-12-27(34)22-26/h2-4,9,11-14,22-23,25H,5-8,10,15-21,24H2,1H3,(H2,35,36,37,38,42)/t25-/m1/s1. The Hall–Kier alpha value is -3.10. The van der Waals surface area contributed by atoms with Crippen molar-refractivity contribution in [2.24, 2.45) is 0 Å². The smallest absolute Gasteiger partial charge is 0.232 e. The summed E-state index contributed by atoms with van der Waals surface area (Å²) in [7, 11) is 0. The summed E-state index contributed by atoms with van der Waals surface area (Å²) in [5.41, 5.74) is 2.60. The first-order valence-electron chi connectivity index (χ1n) is 15.5. The molecule has 3 aromatic rings. The van der Waals surface area contributed by atoms with E-state index in [9.17, 15) is 0 Å². The van der Waals surface area contributed by atoms with Gasteiger partial charge in [-0.05, 0) is 81.1 Å². The van der Waals surface area contributed by atoms with Crippen LogP contribution in [0.4, 0.5) is 23.3 Å². The number of hydrogen-bond acceptors (Lipinski definition) is 6. The van der Waals surface area contributed by atoms with Crippen LogP contribution in [0.2, 0.25) is 5.02 Å². The first-order valence-corrected chi connectivity index (χ1v) is 16.3. The Balaban J connectivity index is 1.18. The van der Waals surface area contributed by atoms with E-state index in [1.165, 1.54) is 43.4 Å². The molecule has 1 aliphatic carbocycles. The van der Waals surface area contributed by atoms with Gasteiger partial charge >= 0.3 is 0 Å². The third-order valence-corrected chi connectivity index (χ3v) is 9.81. The topological polar surface area (TPSA) is 59.6 Å². The Kier molecular flexibility index (Phi) is 9.00. The molecule has 2 N–H and O–H groups in total. The van der Waals surface area contributed by atoms with Crippen molar-refractivity contribution in [2.45, 2.75) is 63.3 Å². The lowest BCUT2D eigenvalue weighted by molar-refractivity contribution is 0.435. The quantitative estimate of drug-likeness (QED) is 0.292. The minimum atomic E-state index is 0.0339. The summed E-state index contributed by atoms with van der Waals surface area (Å²) in [5.74, 6) is 2.50. The van der Waals surface area contributed by atoms with E-state index in [-0.39, 0.29) is 5.41 Å². The van der Waals surface area contributed by atoms with Crippen LogP contribution in [0, 0.1) is 0 Å². The van der Waals surface area contributed by atoms with E-state index < -0.39 is 0 Å². The van der Waals surface area contributed by atoms with Crippen molar-refractivity contribution in [3.8, 4) is 0 Å². The van der Waals surface area contributed by atoms with Gasteiger partial charge in [-0.1, -0.05) is 54.8 Å². The molecule has 0 radical (unpaired) electrons. The van der Waals surface area contributed by atoms with E-state index in [4.69, 9.17) is 33.8 Å². The van der Waals surface area contributed by atoms with E-state index in [1.54, 1.807) is 0 Å². The molecule has 0 spiro atoms. The molecule has 2 aromatic carbocycles. The predicted octanol–water partition coefficient (Wildman–Crippen LogP) is 6.63. The summed E-state index contributed by atoms with van der Waals surface area (Å²) >= 11 is 12.2. The van der Waals surface area contributed by atoms with Gasteiger partial charge in [-0.15, -0.1) is 0 Å². The fraction of sp³-hybridized carbons (Fsp3) is 0.485. The number of para-hydroxylation sites is 1. The molecule has 0 unspecified atom stereocenters. The first-order chi connectivity index (χ1) is 20.5. The highest BCUT2D eigenvalue weighted by Crippen LogP contribution is 2.41. The van der Waals surface area contributed by atoms with Crippen molar-refractivity contribution in [1.29, 1.82) is 0 Å². The molecule has 1 aromatic heterocycles. The van der Waals surface area contributed by atoms with Crippen LogP contribution in [0.1, 0.15) is 57.4 Å². The number of nitrogens with zero attached hydrogens (tertiary/aromatic N) is 5. The third-order valence-electron chi connectivity index (χ3n) is 9.33. The van der Waals surface area contributed by atoms with Gasteiger partial charge in [-0.2, -0.15) is 9.97 Å². The van der Waals surface area contributed by atoms with Gasteiger partial charge in [-0.25, -0.2) is 0 Å². The van der Waals surface area contributed by atoms with Gasteiger partial charge in [0.15, 0.2) is 5.11 Å². The Labute approximate surface area is 260 Å². The monoisotopic (exact) mass is 603 g/mol. The molecule has 6 rings (SSSR count). The SMILES string of the molecule is C[C@@H]1CCCCN1c1cc(N2CCN(c3ccccc3)CC2)nc(NC(=S)NCC2(c3cccc(Cl)c3)CCCC2)n1. The summed E-state index contributed by atoms with van der Waals surface area (Å²) < 4.78 is 0. The Bertz CT molecular complexity index is 1360. The molecule has 7 nitrogen and oxygen atoms in total. The van der Waals surface area contributed by atoms with Crippen LogP contribution in [0.5, 0.6) is 0 Å². The molecular weight excluding hydrogens is 562 g/mol. The van der Waals surface area contributed by atoms with E-state index in [1.807, 2.05) is 6.07 Å². The molecule has 3 heterocycles. The normalized spacial score (nSPS) is 20.4. The van der Waals surface area contributed by atoms with Gasteiger partial charge in [-0.3, -0.25) is 0 Å². The van der Waals surface area contributed by atoms with Crippen LogP contribution >= 0.6 is 23.8 Å². The van der Waals surface area contributed by atoms with Gasteiger partial charge in [0, 0.05) is 67.5 Å². The maximum Gasteiger partial charge on any atom is 0.232 e. The largest absolute Gasteiger partial charge is 0.368 e. The average molecular weight is 604 g/mol. The zero-order valence-electron chi connectivity index (χ0n) is 24.6. The Morgan fingerprint density at radius 1 is 0.881 bits per heavy atom. The second kappa shape index (κ2) is 13.0. The van der Waals surface area contributed by atoms with Crippen LogP contribution in [0.15, 0.2) is 60.7 Å². The molecule has 2 aliphatic heterocycles. The summed E-state index contributed by atoms with van der Waals surface area (Å²) in [6.45, 7) is 7.81. The maximum absolute atomic E-state index is 6.38. The van der Waals surface area contributed by atoms with Crippen molar-refractivity contribution in [2.75, 3.05) is 59.3 Å².